The number of rotatable bonds is 6. The molecule has 0 saturated carbocycles. The summed E-state index contributed by atoms with van der Waals surface area (Å²) in [6, 6.07) is 0. The van der Waals surface area contributed by atoms with Crippen molar-refractivity contribution in [1.29, 1.82) is 0 Å². The van der Waals surface area contributed by atoms with Crippen LogP contribution in [-0.4, -0.2) is 18.0 Å². The smallest absolute Gasteiger partial charge is 0.269 e. The molecule has 0 aliphatic rings. The summed E-state index contributed by atoms with van der Waals surface area (Å²) >= 11 is 0. The van der Waals surface area contributed by atoms with E-state index in [-0.39, 0.29) is 25.0 Å². The van der Waals surface area contributed by atoms with Gasteiger partial charge in [-0.1, -0.05) is 0 Å². The second-order valence-electron chi connectivity index (χ2n) is 2.85. The van der Waals surface area contributed by atoms with Crippen molar-refractivity contribution < 1.29 is 27.4 Å². The van der Waals surface area contributed by atoms with E-state index < -0.39 is 18.5 Å². The van der Waals surface area contributed by atoms with Crippen molar-refractivity contribution in [2.45, 2.75) is 26.1 Å². The molecule has 0 saturated heterocycles. The first-order valence-corrected chi connectivity index (χ1v) is 4.25. The number of hydrogen-bond acceptors (Lipinski definition) is 2. The van der Waals surface area contributed by atoms with Gasteiger partial charge in [0.05, 0.1) is 6.61 Å². The van der Waals surface area contributed by atoms with Gasteiger partial charge in [0.15, 0.2) is 6.29 Å². The van der Waals surface area contributed by atoms with Crippen LogP contribution in [0.15, 0.2) is 23.8 Å². The van der Waals surface area contributed by atoms with Crippen molar-refractivity contribution in [2.24, 2.45) is 0 Å². The highest BCUT2D eigenvalue weighted by molar-refractivity contribution is 4.97. The molecule has 6 heteroatoms. The predicted molar refractivity (Wildman–Crippen MR) is 46.4 cm³/mol. The third-order valence-electron chi connectivity index (χ3n) is 1.58. The van der Waals surface area contributed by atoms with Crippen LogP contribution in [-0.2, 0) is 4.74 Å². The standard InChI is InChI=1S/C9H12F4O2/c1-6(9(12)13)4-5-15-8(14)3-2-7(10)11/h2,8,14H,3-5H2,1H3. The Morgan fingerprint density at radius 1 is 1.33 bits per heavy atom. The number of halogens is 4. The summed E-state index contributed by atoms with van der Waals surface area (Å²) < 4.78 is 51.4. The molecule has 2 nitrogen and oxygen atoms in total. The van der Waals surface area contributed by atoms with E-state index in [9.17, 15) is 17.6 Å². The molecule has 0 aromatic carbocycles. The minimum absolute atomic E-state index is 0.0405. The fraction of sp³-hybridized carbons (Fsp3) is 0.556. The van der Waals surface area contributed by atoms with Crippen molar-refractivity contribution in [3.05, 3.63) is 23.8 Å². The van der Waals surface area contributed by atoms with Gasteiger partial charge in [-0.05, 0) is 25.0 Å². The number of aliphatic hydroxyl groups is 1. The SMILES string of the molecule is CC(CCOC(O)CC=C(F)F)=C(F)F. The first-order chi connectivity index (χ1) is 6.93. The lowest BCUT2D eigenvalue weighted by Gasteiger charge is -2.09. The Labute approximate surface area is 84.8 Å². The maximum absolute atomic E-state index is 11.9. The Kier molecular flexibility index (Phi) is 6.98. The lowest BCUT2D eigenvalue weighted by molar-refractivity contribution is -0.0952. The van der Waals surface area contributed by atoms with Gasteiger partial charge in [0.25, 0.3) is 12.2 Å². The van der Waals surface area contributed by atoms with Crippen molar-refractivity contribution in [3.63, 3.8) is 0 Å². The number of aliphatic hydroxyl groups excluding tert-OH is 1. The second-order valence-corrected chi connectivity index (χ2v) is 2.85. The molecule has 0 aliphatic carbocycles. The molecule has 1 atom stereocenters. The zero-order valence-corrected chi connectivity index (χ0v) is 8.14. The third-order valence-corrected chi connectivity index (χ3v) is 1.58. The molecule has 0 spiro atoms. The van der Waals surface area contributed by atoms with E-state index in [4.69, 9.17) is 5.11 Å². The number of ether oxygens (including phenoxy) is 1. The van der Waals surface area contributed by atoms with Crippen LogP contribution >= 0.6 is 0 Å². The molecular formula is C9H12F4O2. The molecule has 88 valence electrons. The van der Waals surface area contributed by atoms with E-state index in [0.29, 0.717) is 6.08 Å². The predicted octanol–water partition coefficient (Wildman–Crippen LogP) is 3.05. The van der Waals surface area contributed by atoms with Crippen LogP contribution < -0.4 is 0 Å². The highest BCUT2D eigenvalue weighted by Crippen LogP contribution is 2.11. The third kappa shape index (κ3) is 8.14. The molecule has 0 fully saturated rings. The van der Waals surface area contributed by atoms with Gasteiger partial charge in [-0.25, -0.2) is 0 Å². The molecule has 0 aromatic heterocycles. The minimum atomic E-state index is -1.91. The van der Waals surface area contributed by atoms with Crippen LogP contribution in [0.25, 0.3) is 0 Å². The van der Waals surface area contributed by atoms with E-state index in [1.807, 2.05) is 0 Å². The molecule has 1 unspecified atom stereocenters. The van der Waals surface area contributed by atoms with Crippen LogP contribution in [0.5, 0.6) is 0 Å². The molecule has 0 radical (unpaired) electrons. The van der Waals surface area contributed by atoms with E-state index in [1.165, 1.54) is 6.92 Å². The molecular weight excluding hydrogens is 216 g/mol. The topological polar surface area (TPSA) is 29.5 Å². The Hall–Kier alpha value is -0.880. The normalized spacial score (nSPS) is 12.1. The van der Waals surface area contributed by atoms with Gasteiger partial charge in [-0.15, -0.1) is 0 Å². The summed E-state index contributed by atoms with van der Waals surface area (Å²) in [5.41, 5.74) is -0.144. The average molecular weight is 228 g/mol. The minimum Gasteiger partial charge on any atom is -0.368 e. The van der Waals surface area contributed by atoms with Crippen LogP contribution in [0, 0.1) is 0 Å². The highest BCUT2D eigenvalue weighted by atomic mass is 19.3. The van der Waals surface area contributed by atoms with Crippen molar-refractivity contribution in [2.75, 3.05) is 6.61 Å². The summed E-state index contributed by atoms with van der Waals surface area (Å²) in [5, 5.41) is 8.95. The van der Waals surface area contributed by atoms with Crippen molar-refractivity contribution in [1.82, 2.24) is 0 Å². The van der Waals surface area contributed by atoms with Gasteiger partial charge in [0.1, 0.15) is 0 Å². The van der Waals surface area contributed by atoms with E-state index in [2.05, 4.69) is 4.74 Å². The van der Waals surface area contributed by atoms with E-state index in [1.54, 1.807) is 0 Å². The molecule has 1 N–H and O–H groups in total. The summed E-state index contributed by atoms with van der Waals surface area (Å²) in [5.74, 6) is 0. The first kappa shape index (κ1) is 14.1. The Bertz CT molecular complexity index is 242. The second kappa shape index (κ2) is 7.42. The molecule has 0 bridgehead atoms. The molecule has 15 heavy (non-hydrogen) atoms. The van der Waals surface area contributed by atoms with Crippen molar-refractivity contribution in [3.8, 4) is 0 Å². The van der Waals surface area contributed by atoms with Gasteiger partial charge >= 0.3 is 0 Å². The van der Waals surface area contributed by atoms with Crippen LogP contribution in [0.2, 0.25) is 0 Å². The summed E-state index contributed by atoms with van der Waals surface area (Å²) in [4.78, 5) is 0. The zero-order chi connectivity index (χ0) is 11.8. The first-order valence-electron chi connectivity index (χ1n) is 4.25. The highest BCUT2D eigenvalue weighted by Gasteiger charge is 2.05. The average Bonchev–Trinajstić information content (AvgIpc) is 2.14. The Morgan fingerprint density at radius 3 is 2.40 bits per heavy atom. The molecule has 0 amide bonds. The maximum atomic E-state index is 11.9. The Balaban J connectivity index is 3.69. The van der Waals surface area contributed by atoms with Gasteiger partial charge in [-0.3, -0.25) is 0 Å². The van der Waals surface area contributed by atoms with Crippen LogP contribution in [0.3, 0.4) is 0 Å². The largest absolute Gasteiger partial charge is 0.368 e. The zero-order valence-electron chi connectivity index (χ0n) is 8.14. The lowest BCUT2D eigenvalue weighted by atomic mass is 10.2. The maximum Gasteiger partial charge on any atom is 0.269 e. The summed E-state index contributed by atoms with van der Waals surface area (Å²) in [6.45, 7) is 1.10. The van der Waals surface area contributed by atoms with E-state index >= 15 is 0 Å². The fourth-order valence-corrected chi connectivity index (χ4v) is 0.700. The van der Waals surface area contributed by atoms with Crippen molar-refractivity contribution >= 4 is 0 Å². The summed E-state index contributed by atoms with van der Waals surface area (Å²) in [6.07, 6.45) is -4.98. The molecule has 0 heterocycles. The molecule has 0 aliphatic heterocycles. The van der Waals surface area contributed by atoms with Gasteiger partial charge in [0, 0.05) is 6.42 Å². The molecule has 0 aromatic rings. The lowest BCUT2D eigenvalue weighted by Crippen LogP contribution is -2.11. The van der Waals surface area contributed by atoms with E-state index in [0.717, 1.165) is 0 Å². The summed E-state index contributed by atoms with van der Waals surface area (Å²) in [7, 11) is 0. The van der Waals surface area contributed by atoms with Gasteiger partial charge in [-0.2, -0.15) is 17.6 Å². The van der Waals surface area contributed by atoms with Gasteiger partial charge < -0.3 is 9.84 Å². The monoisotopic (exact) mass is 228 g/mol. The number of hydrogen-bond donors (Lipinski definition) is 1. The fourth-order valence-electron chi connectivity index (χ4n) is 0.700. The Morgan fingerprint density at radius 2 is 1.93 bits per heavy atom. The quantitative estimate of drug-likeness (QED) is 0.559. The van der Waals surface area contributed by atoms with Gasteiger partial charge in [0.2, 0.25) is 0 Å². The van der Waals surface area contributed by atoms with Crippen LogP contribution in [0.1, 0.15) is 19.8 Å². The van der Waals surface area contributed by atoms with Crippen LogP contribution in [0.4, 0.5) is 17.6 Å². The molecule has 0 rings (SSSR count).